The molecular formula is C15H28N2. The first-order valence-electron chi connectivity index (χ1n) is 6.60. The molecule has 0 unspecified atom stereocenters. The van der Waals surface area contributed by atoms with Crippen LogP contribution in [0, 0.1) is 5.41 Å². The minimum Gasteiger partial charge on any atom is -0.288 e. The van der Waals surface area contributed by atoms with Crippen LogP contribution in [0.3, 0.4) is 0 Å². The number of aliphatic imine (C=N–C) groups is 2. The quantitative estimate of drug-likeness (QED) is 0.574. The Morgan fingerprint density at radius 3 is 2.29 bits per heavy atom. The molecule has 0 aliphatic rings. The fraction of sp³-hybridized carbons (Fsp3) is 0.733. The van der Waals surface area contributed by atoms with Gasteiger partial charge in [-0.3, -0.25) is 9.98 Å². The van der Waals surface area contributed by atoms with Crippen LogP contribution in [0.1, 0.15) is 60.8 Å². The standard InChI is InChI=1S/C15H28N2/c1-7-9-15(5,6)10-12-17-14(4)13(3)16-11-8-2/h8,11H,7,9-10,12H2,1-6H3/b11-8+,16-13?,17-14?. The highest BCUT2D eigenvalue weighted by Gasteiger charge is 2.15. The van der Waals surface area contributed by atoms with Gasteiger partial charge in [0.25, 0.3) is 0 Å². The van der Waals surface area contributed by atoms with Crippen molar-refractivity contribution in [1.29, 1.82) is 0 Å². The summed E-state index contributed by atoms with van der Waals surface area (Å²) in [4.78, 5) is 8.90. The Kier molecular flexibility index (Phi) is 7.77. The largest absolute Gasteiger partial charge is 0.288 e. The third-order valence-corrected chi connectivity index (χ3v) is 3.01. The molecule has 0 saturated heterocycles. The summed E-state index contributed by atoms with van der Waals surface area (Å²) in [5, 5.41) is 0. The number of allylic oxidation sites excluding steroid dienone is 1. The first kappa shape index (κ1) is 16.1. The lowest BCUT2D eigenvalue weighted by Gasteiger charge is -2.22. The van der Waals surface area contributed by atoms with E-state index in [4.69, 9.17) is 0 Å². The number of hydrogen-bond donors (Lipinski definition) is 0. The SMILES string of the molecule is C/C=C/N=C(C)C(C)=NCCC(C)(C)CCC. The maximum absolute atomic E-state index is 4.60. The van der Waals surface area contributed by atoms with Crippen LogP contribution in [0.4, 0.5) is 0 Å². The third-order valence-electron chi connectivity index (χ3n) is 3.01. The topological polar surface area (TPSA) is 24.7 Å². The Balaban J connectivity index is 4.25. The second-order valence-corrected chi connectivity index (χ2v) is 5.33. The summed E-state index contributed by atoms with van der Waals surface area (Å²) in [6.45, 7) is 13.8. The van der Waals surface area contributed by atoms with Crippen molar-refractivity contribution in [2.24, 2.45) is 15.4 Å². The second kappa shape index (κ2) is 8.21. The molecule has 0 aromatic rings. The molecule has 0 radical (unpaired) electrons. The lowest BCUT2D eigenvalue weighted by molar-refractivity contribution is 0.310. The highest BCUT2D eigenvalue weighted by Crippen LogP contribution is 2.26. The van der Waals surface area contributed by atoms with E-state index in [1.807, 2.05) is 33.0 Å². The van der Waals surface area contributed by atoms with Crippen molar-refractivity contribution >= 4 is 11.4 Å². The van der Waals surface area contributed by atoms with E-state index in [9.17, 15) is 0 Å². The minimum atomic E-state index is 0.410. The van der Waals surface area contributed by atoms with Gasteiger partial charge in [-0.15, -0.1) is 0 Å². The van der Waals surface area contributed by atoms with Crippen molar-refractivity contribution < 1.29 is 0 Å². The predicted molar refractivity (Wildman–Crippen MR) is 79.2 cm³/mol. The van der Waals surface area contributed by atoms with E-state index >= 15 is 0 Å². The van der Waals surface area contributed by atoms with Gasteiger partial charge in [0.1, 0.15) is 0 Å². The summed E-state index contributed by atoms with van der Waals surface area (Å²) in [6, 6.07) is 0. The molecule has 0 fully saturated rings. The highest BCUT2D eigenvalue weighted by atomic mass is 14.8. The molecule has 0 aliphatic heterocycles. The highest BCUT2D eigenvalue weighted by molar-refractivity contribution is 6.40. The molecule has 0 amide bonds. The maximum atomic E-state index is 4.60. The molecule has 98 valence electrons. The molecule has 0 aliphatic carbocycles. The molecule has 2 heteroatoms. The van der Waals surface area contributed by atoms with Crippen molar-refractivity contribution in [1.82, 2.24) is 0 Å². The molecule has 0 aromatic carbocycles. The van der Waals surface area contributed by atoms with E-state index in [0.717, 1.165) is 24.4 Å². The lowest BCUT2D eigenvalue weighted by Crippen LogP contribution is -2.14. The van der Waals surface area contributed by atoms with Crippen LogP contribution in [-0.2, 0) is 0 Å². The molecule has 0 heterocycles. The van der Waals surface area contributed by atoms with Gasteiger partial charge < -0.3 is 0 Å². The smallest absolute Gasteiger partial charge is 0.0579 e. The average molecular weight is 236 g/mol. The van der Waals surface area contributed by atoms with Crippen molar-refractivity contribution in [3.05, 3.63) is 12.3 Å². The Bertz CT molecular complexity index is 296. The zero-order chi connectivity index (χ0) is 13.3. The van der Waals surface area contributed by atoms with Crippen LogP contribution in [0.25, 0.3) is 0 Å². The summed E-state index contributed by atoms with van der Waals surface area (Å²) < 4.78 is 0. The molecule has 0 bridgehead atoms. The zero-order valence-corrected chi connectivity index (χ0v) is 12.4. The van der Waals surface area contributed by atoms with E-state index in [1.54, 1.807) is 0 Å². The summed E-state index contributed by atoms with van der Waals surface area (Å²) in [7, 11) is 0. The van der Waals surface area contributed by atoms with Crippen molar-refractivity contribution in [3.63, 3.8) is 0 Å². The van der Waals surface area contributed by atoms with Crippen LogP contribution in [0.15, 0.2) is 22.3 Å². The van der Waals surface area contributed by atoms with Crippen molar-refractivity contribution in [2.75, 3.05) is 6.54 Å². The van der Waals surface area contributed by atoms with Gasteiger partial charge >= 0.3 is 0 Å². The Hall–Kier alpha value is -0.920. The van der Waals surface area contributed by atoms with E-state index in [-0.39, 0.29) is 0 Å². The molecule has 2 nitrogen and oxygen atoms in total. The monoisotopic (exact) mass is 236 g/mol. The Morgan fingerprint density at radius 2 is 1.76 bits per heavy atom. The number of nitrogens with zero attached hydrogens (tertiary/aromatic N) is 2. The zero-order valence-electron chi connectivity index (χ0n) is 12.4. The minimum absolute atomic E-state index is 0.410. The van der Waals surface area contributed by atoms with Crippen LogP contribution >= 0.6 is 0 Å². The molecule has 0 saturated carbocycles. The third kappa shape index (κ3) is 7.89. The number of rotatable bonds is 7. The van der Waals surface area contributed by atoms with Gasteiger partial charge in [-0.1, -0.05) is 33.3 Å². The molecule has 0 atom stereocenters. The van der Waals surface area contributed by atoms with Crippen molar-refractivity contribution in [3.8, 4) is 0 Å². The van der Waals surface area contributed by atoms with Gasteiger partial charge in [-0.25, -0.2) is 0 Å². The summed E-state index contributed by atoms with van der Waals surface area (Å²) in [6.07, 6.45) is 7.41. The van der Waals surface area contributed by atoms with Crippen LogP contribution in [0.5, 0.6) is 0 Å². The summed E-state index contributed by atoms with van der Waals surface area (Å²) in [5.74, 6) is 0. The second-order valence-electron chi connectivity index (χ2n) is 5.33. The first-order chi connectivity index (χ1) is 7.93. The van der Waals surface area contributed by atoms with Crippen LogP contribution in [0.2, 0.25) is 0 Å². The van der Waals surface area contributed by atoms with E-state index < -0.39 is 0 Å². The van der Waals surface area contributed by atoms with Gasteiger partial charge in [0.15, 0.2) is 0 Å². The van der Waals surface area contributed by atoms with Gasteiger partial charge in [0, 0.05) is 12.7 Å². The molecule has 0 N–H and O–H groups in total. The van der Waals surface area contributed by atoms with Gasteiger partial charge in [0.2, 0.25) is 0 Å². The van der Waals surface area contributed by atoms with Crippen molar-refractivity contribution in [2.45, 2.75) is 60.8 Å². The van der Waals surface area contributed by atoms with Gasteiger partial charge in [-0.2, -0.15) is 0 Å². The molecule has 0 spiro atoms. The molecule has 0 rings (SSSR count). The van der Waals surface area contributed by atoms with Gasteiger partial charge in [0.05, 0.1) is 11.4 Å². The normalized spacial score (nSPS) is 14.7. The lowest BCUT2D eigenvalue weighted by atomic mass is 9.85. The van der Waals surface area contributed by atoms with E-state index in [2.05, 4.69) is 30.8 Å². The average Bonchev–Trinajstić information content (AvgIpc) is 2.25. The molecular weight excluding hydrogens is 208 g/mol. The first-order valence-corrected chi connectivity index (χ1v) is 6.60. The van der Waals surface area contributed by atoms with Crippen LogP contribution < -0.4 is 0 Å². The maximum Gasteiger partial charge on any atom is 0.0579 e. The van der Waals surface area contributed by atoms with E-state index in [0.29, 0.717) is 5.41 Å². The van der Waals surface area contributed by atoms with Crippen LogP contribution in [-0.4, -0.2) is 18.0 Å². The van der Waals surface area contributed by atoms with E-state index in [1.165, 1.54) is 12.8 Å². The summed E-state index contributed by atoms with van der Waals surface area (Å²) in [5.41, 5.74) is 2.47. The fourth-order valence-electron chi connectivity index (χ4n) is 1.72. The summed E-state index contributed by atoms with van der Waals surface area (Å²) >= 11 is 0. The molecule has 0 aromatic heterocycles. The molecule has 17 heavy (non-hydrogen) atoms. The fourth-order valence-corrected chi connectivity index (χ4v) is 1.72. The van der Waals surface area contributed by atoms with Gasteiger partial charge in [-0.05, 0) is 39.0 Å². The Labute approximate surface area is 107 Å². The Morgan fingerprint density at radius 1 is 1.12 bits per heavy atom. The number of hydrogen-bond acceptors (Lipinski definition) is 2. The predicted octanol–water partition coefficient (Wildman–Crippen LogP) is 4.66.